The lowest BCUT2D eigenvalue weighted by atomic mass is 9.95. The summed E-state index contributed by atoms with van der Waals surface area (Å²) in [5.41, 5.74) is 8.84. The molecule has 238 valence electrons. The maximum atomic E-state index is 6.72. The molecule has 0 saturated carbocycles. The first kappa shape index (κ1) is 29.0. The lowest BCUT2D eigenvalue weighted by Crippen LogP contribution is -2.00. The second-order valence-corrected chi connectivity index (χ2v) is 12.8. The van der Waals surface area contributed by atoms with Crippen LogP contribution in [0.4, 0.5) is 0 Å². The fourth-order valence-corrected chi connectivity index (χ4v) is 7.20. The van der Waals surface area contributed by atoms with Gasteiger partial charge in [-0.25, -0.2) is 15.0 Å². The summed E-state index contributed by atoms with van der Waals surface area (Å²) in [7, 11) is 0. The Hall–Kier alpha value is -6.91. The molecule has 0 radical (unpaired) electrons. The Morgan fingerprint density at radius 2 is 0.804 bits per heavy atom. The summed E-state index contributed by atoms with van der Waals surface area (Å²) < 4.78 is 6.72. The van der Waals surface area contributed by atoms with Gasteiger partial charge in [0.25, 0.3) is 0 Å². The van der Waals surface area contributed by atoms with Crippen LogP contribution in [0.25, 0.3) is 99.9 Å². The molecule has 0 aliphatic heterocycles. The first-order valence-electron chi connectivity index (χ1n) is 17.1. The molecule has 10 aromatic rings. The van der Waals surface area contributed by atoms with Gasteiger partial charge < -0.3 is 4.42 Å². The number of fused-ring (bicyclic) bond motifs is 7. The van der Waals surface area contributed by atoms with E-state index < -0.39 is 0 Å². The van der Waals surface area contributed by atoms with Gasteiger partial charge in [-0.1, -0.05) is 164 Å². The molecule has 0 saturated heterocycles. The Morgan fingerprint density at radius 3 is 1.43 bits per heavy atom. The van der Waals surface area contributed by atoms with Crippen LogP contribution in [0.5, 0.6) is 0 Å². The van der Waals surface area contributed by atoms with Crippen molar-refractivity contribution in [2.45, 2.75) is 0 Å². The van der Waals surface area contributed by atoms with E-state index in [0.29, 0.717) is 17.5 Å². The molecule has 0 bridgehead atoms. The normalized spacial score (nSPS) is 11.5. The molecule has 0 fully saturated rings. The van der Waals surface area contributed by atoms with Gasteiger partial charge >= 0.3 is 0 Å². The van der Waals surface area contributed by atoms with E-state index >= 15 is 0 Å². The minimum absolute atomic E-state index is 0.563. The average Bonchev–Trinajstić information content (AvgIpc) is 3.61. The summed E-state index contributed by atoms with van der Waals surface area (Å²) in [6.45, 7) is 0. The molecule has 51 heavy (non-hydrogen) atoms. The molecule has 0 unspecified atom stereocenters. The number of benzene rings is 8. The van der Waals surface area contributed by atoms with Crippen LogP contribution in [-0.4, -0.2) is 15.0 Å². The summed E-state index contributed by atoms with van der Waals surface area (Å²) in [5, 5.41) is 6.78. The average molecular weight is 652 g/mol. The van der Waals surface area contributed by atoms with Crippen LogP contribution in [0.3, 0.4) is 0 Å². The van der Waals surface area contributed by atoms with Crippen LogP contribution in [0.15, 0.2) is 180 Å². The van der Waals surface area contributed by atoms with Crippen molar-refractivity contribution in [2.75, 3.05) is 0 Å². The van der Waals surface area contributed by atoms with Crippen molar-refractivity contribution < 1.29 is 4.42 Å². The fourth-order valence-electron chi connectivity index (χ4n) is 7.20. The first-order valence-corrected chi connectivity index (χ1v) is 17.1. The van der Waals surface area contributed by atoms with E-state index in [2.05, 4.69) is 152 Å². The van der Waals surface area contributed by atoms with Gasteiger partial charge in [0.2, 0.25) is 0 Å². The van der Waals surface area contributed by atoms with E-state index in [4.69, 9.17) is 19.4 Å². The first-order chi connectivity index (χ1) is 25.3. The molecule has 0 atom stereocenters. The van der Waals surface area contributed by atoms with E-state index in [-0.39, 0.29) is 0 Å². The summed E-state index contributed by atoms with van der Waals surface area (Å²) in [6.07, 6.45) is 0. The number of nitrogens with zero attached hydrogens (tertiary/aromatic N) is 3. The lowest BCUT2D eigenvalue weighted by Gasteiger charge is -2.12. The Bertz CT molecular complexity index is 2780. The van der Waals surface area contributed by atoms with Crippen molar-refractivity contribution in [3.63, 3.8) is 0 Å². The molecule has 0 spiro atoms. The lowest BCUT2D eigenvalue weighted by molar-refractivity contribution is 0.670. The van der Waals surface area contributed by atoms with Gasteiger partial charge in [-0.2, -0.15) is 0 Å². The minimum Gasteiger partial charge on any atom is -0.455 e. The molecule has 0 aliphatic rings. The van der Waals surface area contributed by atoms with Crippen molar-refractivity contribution in [3.05, 3.63) is 176 Å². The topological polar surface area (TPSA) is 51.8 Å². The number of aromatic nitrogens is 3. The predicted molar refractivity (Wildman–Crippen MR) is 209 cm³/mol. The zero-order valence-corrected chi connectivity index (χ0v) is 27.5. The Kier molecular flexibility index (Phi) is 6.78. The summed E-state index contributed by atoms with van der Waals surface area (Å²) in [6, 6.07) is 61.0. The molecule has 4 nitrogen and oxygen atoms in total. The van der Waals surface area contributed by atoms with Crippen LogP contribution in [-0.2, 0) is 0 Å². The highest BCUT2D eigenvalue weighted by molar-refractivity contribution is 6.29. The molecule has 8 aromatic carbocycles. The third-order valence-electron chi connectivity index (χ3n) is 9.73. The van der Waals surface area contributed by atoms with Crippen LogP contribution in [0, 0.1) is 0 Å². The zero-order valence-electron chi connectivity index (χ0n) is 27.5. The Labute approximate surface area is 294 Å². The van der Waals surface area contributed by atoms with Crippen LogP contribution >= 0.6 is 0 Å². The fraction of sp³-hybridized carbons (Fsp3) is 0. The standard InChI is InChI=1S/C47H29N3O/c1-3-11-30(12-4-1)32-19-24-35(25-20-32)45-48-46(36-26-21-33(22-27-36)31-13-5-2-6-14-31)50-47(49-45)40-29-37-28-23-34-15-7-8-16-38(34)42(37)43-39-17-9-10-18-41(39)51-44(40)43/h1-29H. The van der Waals surface area contributed by atoms with Crippen molar-refractivity contribution in [2.24, 2.45) is 0 Å². The van der Waals surface area contributed by atoms with Crippen molar-refractivity contribution >= 4 is 43.5 Å². The highest BCUT2D eigenvalue weighted by atomic mass is 16.3. The second-order valence-electron chi connectivity index (χ2n) is 12.8. The largest absolute Gasteiger partial charge is 0.455 e. The van der Waals surface area contributed by atoms with Crippen molar-refractivity contribution in [1.82, 2.24) is 15.0 Å². The quantitative estimate of drug-likeness (QED) is 0.174. The van der Waals surface area contributed by atoms with E-state index in [1.54, 1.807) is 0 Å². The molecule has 2 heterocycles. The SMILES string of the molecule is c1ccc(-c2ccc(-c3nc(-c4ccc(-c5ccccc5)cc4)nc(-c4cc5ccc6ccccc6c5c5c4oc4ccccc45)n3)cc2)cc1. The Balaban J connectivity index is 1.21. The number of rotatable bonds is 5. The van der Waals surface area contributed by atoms with Crippen LogP contribution in [0.2, 0.25) is 0 Å². The van der Waals surface area contributed by atoms with Crippen LogP contribution < -0.4 is 0 Å². The van der Waals surface area contributed by atoms with E-state index in [1.807, 2.05) is 24.3 Å². The van der Waals surface area contributed by atoms with E-state index in [1.165, 1.54) is 16.2 Å². The molecule has 2 aromatic heterocycles. The zero-order chi connectivity index (χ0) is 33.7. The highest BCUT2D eigenvalue weighted by Gasteiger charge is 2.21. The third kappa shape index (κ3) is 5.04. The van der Waals surface area contributed by atoms with Gasteiger partial charge in [0.1, 0.15) is 11.2 Å². The Morgan fingerprint density at radius 1 is 0.333 bits per heavy atom. The third-order valence-corrected chi connectivity index (χ3v) is 9.73. The van der Waals surface area contributed by atoms with Gasteiger partial charge in [0.05, 0.1) is 5.56 Å². The number of hydrogen-bond donors (Lipinski definition) is 0. The van der Waals surface area contributed by atoms with Gasteiger partial charge in [-0.15, -0.1) is 0 Å². The molecule has 4 heteroatoms. The van der Waals surface area contributed by atoms with Gasteiger partial charge in [0.15, 0.2) is 17.5 Å². The summed E-state index contributed by atoms with van der Waals surface area (Å²) in [5.74, 6) is 1.77. The maximum absolute atomic E-state index is 6.72. The van der Waals surface area contributed by atoms with Crippen molar-refractivity contribution in [3.8, 4) is 56.4 Å². The van der Waals surface area contributed by atoms with Crippen LogP contribution in [0.1, 0.15) is 0 Å². The molecule has 10 rings (SSSR count). The summed E-state index contributed by atoms with van der Waals surface area (Å²) >= 11 is 0. The number of furan rings is 1. The van der Waals surface area contributed by atoms with Gasteiger partial charge in [-0.05, 0) is 50.5 Å². The highest BCUT2D eigenvalue weighted by Crippen LogP contribution is 2.43. The van der Waals surface area contributed by atoms with Gasteiger partial charge in [0, 0.05) is 27.3 Å². The molecular formula is C47H29N3O. The number of hydrogen-bond acceptors (Lipinski definition) is 4. The second kappa shape index (κ2) is 11.9. The smallest absolute Gasteiger partial charge is 0.167 e. The molecule has 0 amide bonds. The minimum atomic E-state index is 0.563. The van der Waals surface area contributed by atoms with E-state index in [0.717, 1.165) is 66.3 Å². The maximum Gasteiger partial charge on any atom is 0.167 e. The van der Waals surface area contributed by atoms with E-state index in [9.17, 15) is 0 Å². The van der Waals surface area contributed by atoms with Gasteiger partial charge in [-0.3, -0.25) is 0 Å². The summed E-state index contributed by atoms with van der Waals surface area (Å²) in [4.78, 5) is 15.4. The molecule has 0 aliphatic carbocycles. The van der Waals surface area contributed by atoms with Crippen molar-refractivity contribution in [1.29, 1.82) is 0 Å². The molecular weight excluding hydrogens is 623 g/mol. The number of para-hydroxylation sites is 1. The molecule has 0 N–H and O–H groups in total. The monoisotopic (exact) mass is 651 g/mol. The predicted octanol–water partition coefficient (Wildman–Crippen LogP) is 12.4.